The molecule has 20 heavy (non-hydrogen) atoms. The predicted octanol–water partition coefficient (Wildman–Crippen LogP) is 2.84. The van der Waals surface area contributed by atoms with E-state index in [2.05, 4.69) is 10.1 Å². The first-order valence-electron chi connectivity index (χ1n) is 5.91. The van der Waals surface area contributed by atoms with Crippen LogP contribution in [0.25, 0.3) is 0 Å². The van der Waals surface area contributed by atoms with Gasteiger partial charge in [0.2, 0.25) is 0 Å². The van der Waals surface area contributed by atoms with Gasteiger partial charge in [0.1, 0.15) is 5.82 Å². The Morgan fingerprint density at radius 2 is 2.25 bits per heavy atom. The van der Waals surface area contributed by atoms with Crippen LogP contribution in [0.5, 0.6) is 0 Å². The van der Waals surface area contributed by atoms with E-state index in [4.69, 9.17) is 22.5 Å². The summed E-state index contributed by atoms with van der Waals surface area (Å²) in [5, 5.41) is 12.0. The van der Waals surface area contributed by atoms with Gasteiger partial charge in [0.05, 0.1) is 16.4 Å². The van der Waals surface area contributed by atoms with Crippen molar-refractivity contribution < 1.29 is 5.21 Å². The van der Waals surface area contributed by atoms with Gasteiger partial charge < -0.3 is 15.8 Å². The Kier molecular flexibility index (Phi) is 4.46. The molecule has 7 heteroatoms. The Balaban J connectivity index is 2.34. The average Bonchev–Trinajstić information content (AvgIpc) is 2.83. The van der Waals surface area contributed by atoms with Gasteiger partial charge >= 0.3 is 0 Å². The van der Waals surface area contributed by atoms with Gasteiger partial charge in [-0.25, -0.2) is 4.98 Å². The van der Waals surface area contributed by atoms with Crippen molar-refractivity contribution in [2.45, 2.75) is 13.5 Å². The number of oxime groups is 1. The van der Waals surface area contributed by atoms with Crippen LogP contribution in [-0.2, 0) is 6.54 Å². The molecule has 0 aliphatic heterocycles. The summed E-state index contributed by atoms with van der Waals surface area (Å²) < 4.78 is 0.752. The minimum atomic E-state index is 0.0571. The summed E-state index contributed by atoms with van der Waals surface area (Å²) in [4.78, 5) is 7.40. The van der Waals surface area contributed by atoms with E-state index in [1.54, 1.807) is 6.20 Å². The van der Waals surface area contributed by atoms with Crippen LogP contribution in [0, 0.1) is 6.92 Å². The molecule has 0 atom stereocenters. The fourth-order valence-electron chi connectivity index (χ4n) is 1.95. The first-order valence-corrected chi connectivity index (χ1v) is 7.11. The third kappa shape index (κ3) is 3.02. The molecule has 0 amide bonds. The van der Waals surface area contributed by atoms with Crippen molar-refractivity contribution in [2.24, 2.45) is 10.9 Å². The number of aromatic nitrogens is 1. The summed E-state index contributed by atoms with van der Waals surface area (Å²) in [5.41, 5.74) is 7.29. The van der Waals surface area contributed by atoms with Crippen LogP contribution >= 0.6 is 22.9 Å². The van der Waals surface area contributed by atoms with E-state index in [0.29, 0.717) is 17.9 Å². The maximum absolute atomic E-state index is 8.91. The number of hydrogen-bond donors (Lipinski definition) is 2. The first-order chi connectivity index (χ1) is 9.52. The van der Waals surface area contributed by atoms with E-state index in [-0.39, 0.29) is 5.84 Å². The summed E-state index contributed by atoms with van der Waals surface area (Å²) in [6.07, 6.45) is 1.71. The number of halogens is 1. The highest BCUT2D eigenvalue weighted by Crippen LogP contribution is 2.26. The van der Waals surface area contributed by atoms with Crippen molar-refractivity contribution in [3.8, 4) is 0 Å². The number of hydrogen-bond acceptors (Lipinski definition) is 5. The van der Waals surface area contributed by atoms with Crippen LogP contribution in [-0.4, -0.2) is 23.1 Å². The second kappa shape index (κ2) is 6.11. The standard InChI is InChI=1S/C13H15ClN4OS/c1-8-5-6-16-13(11(8)12(15)17-19)18(2)7-9-3-4-10(14)20-9/h3-6,19H,7H2,1-2H3,(H2,15,17). The van der Waals surface area contributed by atoms with Gasteiger partial charge in [0, 0.05) is 18.1 Å². The molecule has 0 saturated heterocycles. The molecule has 0 spiro atoms. The van der Waals surface area contributed by atoms with Gasteiger partial charge in [-0.2, -0.15) is 0 Å². The molecule has 0 unspecified atom stereocenters. The quantitative estimate of drug-likeness (QED) is 0.394. The van der Waals surface area contributed by atoms with Crippen LogP contribution in [0.1, 0.15) is 16.0 Å². The Hall–Kier alpha value is -1.79. The lowest BCUT2D eigenvalue weighted by molar-refractivity contribution is 0.318. The normalized spacial score (nSPS) is 11.7. The number of aryl methyl sites for hydroxylation is 1. The molecule has 106 valence electrons. The molecule has 0 bridgehead atoms. The first kappa shape index (κ1) is 14.6. The summed E-state index contributed by atoms with van der Waals surface area (Å²) in [5.74, 6) is 0.728. The lowest BCUT2D eigenvalue weighted by atomic mass is 10.1. The van der Waals surface area contributed by atoms with Gasteiger partial charge in [0.25, 0.3) is 0 Å². The zero-order chi connectivity index (χ0) is 14.7. The third-order valence-corrected chi connectivity index (χ3v) is 4.10. The molecule has 2 rings (SSSR count). The zero-order valence-electron chi connectivity index (χ0n) is 11.2. The number of nitrogens with two attached hydrogens (primary N) is 1. The Labute approximate surface area is 126 Å². The zero-order valence-corrected chi connectivity index (χ0v) is 12.7. The second-order valence-corrected chi connectivity index (χ2v) is 6.17. The Morgan fingerprint density at radius 1 is 1.50 bits per heavy atom. The molecule has 2 heterocycles. The van der Waals surface area contributed by atoms with Crippen LogP contribution in [0.2, 0.25) is 4.34 Å². The van der Waals surface area contributed by atoms with Crippen molar-refractivity contribution >= 4 is 34.6 Å². The molecule has 0 aromatic carbocycles. The highest BCUT2D eigenvalue weighted by molar-refractivity contribution is 7.16. The third-order valence-electron chi connectivity index (χ3n) is 2.89. The van der Waals surface area contributed by atoms with Crippen LogP contribution < -0.4 is 10.6 Å². The van der Waals surface area contributed by atoms with E-state index >= 15 is 0 Å². The van der Waals surface area contributed by atoms with Crippen molar-refractivity contribution in [3.63, 3.8) is 0 Å². The molecule has 2 aromatic heterocycles. The summed E-state index contributed by atoms with van der Waals surface area (Å²) in [6.45, 7) is 2.55. The molecule has 0 saturated carbocycles. The van der Waals surface area contributed by atoms with Gasteiger partial charge in [0.15, 0.2) is 5.84 Å². The number of amidine groups is 1. The highest BCUT2D eigenvalue weighted by atomic mass is 35.5. The molecule has 5 nitrogen and oxygen atoms in total. The van der Waals surface area contributed by atoms with E-state index in [0.717, 1.165) is 14.8 Å². The topological polar surface area (TPSA) is 74.7 Å². The maximum Gasteiger partial charge on any atom is 0.174 e. The molecule has 0 fully saturated rings. The van der Waals surface area contributed by atoms with E-state index in [1.165, 1.54) is 11.3 Å². The van der Waals surface area contributed by atoms with E-state index < -0.39 is 0 Å². The fraction of sp³-hybridized carbons (Fsp3) is 0.231. The van der Waals surface area contributed by atoms with Crippen LogP contribution in [0.4, 0.5) is 5.82 Å². The molecule has 2 aromatic rings. The largest absolute Gasteiger partial charge is 0.409 e. The smallest absolute Gasteiger partial charge is 0.174 e. The molecule has 3 N–H and O–H groups in total. The molecular weight excluding hydrogens is 296 g/mol. The van der Waals surface area contributed by atoms with Crippen molar-refractivity contribution in [3.05, 3.63) is 44.7 Å². The summed E-state index contributed by atoms with van der Waals surface area (Å²) in [6, 6.07) is 5.67. The molecular formula is C13H15ClN4OS. The number of rotatable bonds is 4. The van der Waals surface area contributed by atoms with Crippen molar-refractivity contribution in [1.82, 2.24) is 4.98 Å². The SMILES string of the molecule is Cc1ccnc(N(C)Cc2ccc(Cl)s2)c1/C(N)=N/O. The Bertz CT molecular complexity index is 641. The van der Waals surface area contributed by atoms with Crippen molar-refractivity contribution in [2.75, 3.05) is 11.9 Å². The van der Waals surface area contributed by atoms with Crippen LogP contribution in [0.3, 0.4) is 0 Å². The number of thiophene rings is 1. The second-order valence-electron chi connectivity index (χ2n) is 4.37. The highest BCUT2D eigenvalue weighted by Gasteiger charge is 2.16. The number of nitrogens with zero attached hydrogens (tertiary/aromatic N) is 3. The minimum absolute atomic E-state index is 0.0571. The molecule has 0 aliphatic carbocycles. The van der Waals surface area contributed by atoms with E-state index in [9.17, 15) is 0 Å². The van der Waals surface area contributed by atoms with Gasteiger partial charge in [-0.1, -0.05) is 16.8 Å². The lowest BCUT2D eigenvalue weighted by Gasteiger charge is -2.21. The monoisotopic (exact) mass is 310 g/mol. The van der Waals surface area contributed by atoms with Gasteiger partial charge in [-0.05, 0) is 30.7 Å². The Morgan fingerprint density at radius 3 is 2.85 bits per heavy atom. The minimum Gasteiger partial charge on any atom is -0.409 e. The maximum atomic E-state index is 8.91. The summed E-state index contributed by atoms with van der Waals surface area (Å²) >= 11 is 7.45. The fourth-order valence-corrected chi connectivity index (χ4v) is 3.09. The van der Waals surface area contributed by atoms with Gasteiger partial charge in [-0.15, -0.1) is 11.3 Å². The molecule has 0 aliphatic rings. The van der Waals surface area contributed by atoms with Gasteiger partial charge in [-0.3, -0.25) is 0 Å². The lowest BCUT2D eigenvalue weighted by Crippen LogP contribution is -2.24. The number of pyridine rings is 1. The predicted molar refractivity (Wildman–Crippen MR) is 82.9 cm³/mol. The van der Waals surface area contributed by atoms with Crippen molar-refractivity contribution in [1.29, 1.82) is 0 Å². The van der Waals surface area contributed by atoms with Crippen LogP contribution in [0.15, 0.2) is 29.6 Å². The number of anilines is 1. The molecule has 0 radical (unpaired) electrons. The summed E-state index contributed by atoms with van der Waals surface area (Å²) in [7, 11) is 1.91. The van der Waals surface area contributed by atoms with E-state index in [1.807, 2.05) is 37.1 Å². The average molecular weight is 311 g/mol.